The molecule has 0 aliphatic rings. The van der Waals surface area contributed by atoms with Gasteiger partial charge in [-0.05, 0) is 0 Å². The molecule has 0 radical (unpaired) electrons. The van der Waals surface area contributed by atoms with Gasteiger partial charge in [-0.25, -0.2) is 0 Å². The Morgan fingerprint density at radius 2 is 1.09 bits per heavy atom. The van der Waals surface area contributed by atoms with Crippen molar-refractivity contribution in [3.05, 3.63) is 0 Å². The maximum absolute atomic E-state index is 8.19. The summed E-state index contributed by atoms with van der Waals surface area (Å²) in [5.41, 5.74) is 0. The Morgan fingerprint density at radius 1 is 0.909 bits per heavy atom. The molecule has 0 spiro atoms. The number of hydrogen-bond acceptors (Lipinski definition) is 3. The van der Waals surface area contributed by atoms with E-state index in [-0.39, 0.29) is 37.2 Å². The van der Waals surface area contributed by atoms with E-state index in [1.165, 1.54) is 0 Å². The first-order chi connectivity index (χ1) is 3.91. The van der Waals surface area contributed by atoms with E-state index in [1.807, 2.05) is 0 Å². The molecule has 73 valence electrons. The zero-order chi connectivity index (χ0) is 6.83. The van der Waals surface area contributed by atoms with Crippen molar-refractivity contribution in [2.24, 2.45) is 0 Å². The predicted molar refractivity (Wildman–Crippen MR) is 46.2 cm³/mol. The zero-order valence-electron chi connectivity index (χ0n) is 6.31. The summed E-state index contributed by atoms with van der Waals surface area (Å²) in [7, 11) is 3.30. The van der Waals surface area contributed by atoms with Gasteiger partial charge in [0.2, 0.25) is 0 Å². The first-order valence-corrected chi connectivity index (χ1v) is 2.65. The van der Waals surface area contributed by atoms with Crippen LogP contribution in [0.1, 0.15) is 0 Å². The Morgan fingerprint density at radius 3 is 1.18 bits per heavy atom. The van der Waals surface area contributed by atoms with Crippen molar-refractivity contribution in [1.82, 2.24) is 0 Å². The third-order valence-electron chi connectivity index (χ3n) is 0.492. The van der Waals surface area contributed by atoms with Gasteiger partial charge in [0.1, 0.15) is 0 Å². The topological polar surface area (TPSA) is 35.5 Å². The summed E-state index contributed by atoms with van der Waals surface area (Å²) >= 11 is 1.06. The van der Waals surface area contributed by atoms with Crippen molar-refractivity contribution in [2.75, 3.05) is 27.4 Å². The van der Waals surface area contributed by atoms with Gasteiger partial charge in [-0.3, -0.25) is 0 Å². The molecule has 3 nitrogen and oxygen atoms in total. The summed E-state index contributed by atoms with van der Waals surface area (Å²) in [5.74, 6) is 0. The van der Waals surface area contributed by atoms with Gasteiger partial charge >= 0.3 is 21.0 Å². The zero-order valence-corrected chi connectivity index (χ0v) is 10.2. The molecule has 0 bridgehead atoms. The molecule has 0 rings (SSSR count). The number of rotatable bonds is 3. The average Bonchev–Trinajstić information content (AvgIpc) is 1.88. The van der Waals surface area contributed by atoms with Crippen LogP contribution in [0, 0.1) is 0 Å². The second kappa shape index (κ2) is 43.2. The van der Waals surface area contributed by atoms with Gasteiger partial charge in [0.15, 0.2) is 0 Å². The minimum absolute atomic E-state index is 0. The van der Waals surface area contributed by atoms with Crippen molar-refractivity contribution >= 4 is 37.2 Å². The molecule has 0 aromatic rings. The van der Waals surface area contributed by atoms with Crippen LogP contribution in [-0.2, 0) is 30.5 Å². The summed E-state index contributed by atoms with van der Waals surface area (Å²) in [5, 5.41) is 0. The monoisotopic (exact) mass is 265 g/mol. The third kappa shape index (κ3) is 54.0. The molecule has 0 aromatic carbocycles. The van der Waals surface area contributed by atoms with Crippen LogP contribution in [-0.4, -0.2) is 27.4 Å². The predicted octanol–water partition coefficient (Wildman–Crippen LogP) is 1.42. The first kappa shape index (κ1) is 29.5. The molecule has 0 saturated heterocycles. The molecule has 7 heteroatoms. The van der Waals surface area contributed by atoms with Crippen molar-refractivity contribution in [3.8, 4) is 0 Å². The third-order valence-corrected chi connectivity index (χ3v) is 0.492. The molecule has 0 N–H and O–H groups in total. The second-order valence-corrected chi connectivity index (χ2v) is 0.986. The molecule has 0 heterocycles. The van der Waals surface area contributed by atoms with Crippen LogP contribution in [0.2, 0.25) is 0 Å². The van der Waals surface area contributed by atoms with E-state index < -0.39 is 0 Å². The Kier molecular flexibility index (Phi) is 116. The quantitative estimate of drug-likeness (QED) is 0.725. The van der Waals surface area contributed by atoms with E-state index in [9.17, 15) is 0 Å². The molecule has 0 aliphatic carbocycles. The molecule has 0 unspecified atom stereocenters. The molecule has 0 amide bonds. The standard InChI is InChI=1S/C4H10O2.3ClH.O.V/c1-5-3-4-6-2;;;;;/h3-4H2,1-2H3;3*1H;;. The van der Waals surface area contributed by atoms with Crippen LogP contribution in [0.15, 0.2) is 0 Å². The van der Waals surface area contributed by atoms with Crippen molar-refractivity contribution < 1.29 is 30.5 Å². The van der Waals surface area contributed by atoms with E-state index in [0.29, 0.717) is 13.2 Å². The molecule has 0 atom stereocenters. The van der Waals surface area contributed by atoms with Crippen molar-refractivity contribution in [1.29, 1.82) is 0 Å². The molecule has 0 fully saturated rings. The van der Waals surface area contributed by atoms with Gasteiger partial charge < -0.3 is 9.47 Å². The number of halogens is 3. The summed E-state index contributed by atoms with van der Waals surface area (Å²) < 4.78 is 17.5. The number of hydrogen-bond donors (Lipinski definition) is 0. The van der Waals surface area contributed by atoms with Gasteiger partial charge in [0, 0.05) is 14.2 Å². The van der Waals surface area contributed by atoms with Crippen LogP contribution in [0.3, 0.4) is 0 Å². The molecular formula is C4H13Cl3O3V. The van der Waals surface area contributed by atoms with Crippen LogP contribution < -0.4 is 0 Å². The van der Waals surface area contributed by atoms with Crippen LogP contribution in [0.25, 0.3) is 0 Å². The number of methoxy groups -OCH3 is 2. The molecule has 0 aromatic heterocycles. The fourth-order valence-electron chi connectivity index (χ4n) is 0.167. The summed E-state index contributed by atoms with van der Waals surface area (Å²) in [6.45, 7) is 1.38. The summed E-state index contributed by atoms with van der Waals surface area (Å²) in [6, 6.07) is 0. The normalized spacial score (nSPS) is 5.18. The summed E-state index contributed by atoms with van der Waals surface area (Å²) in [6.07, 6.45) is 0. The van der Waals surface area contributed by atoms with Gasteiger partial charge in [-0.2, -0.15) is 0 Å². The Bertz CT molecular complexity index is 39.8. The second-order valence-electron chi connectivity index (χ2n) is 0.986. The van der Waals surface area contributed by atoms with E-state index in [2.05, 4.69) is 9.47 Å². The van der Waals surface area contributed by atoms with E-state index >= 15 is 0 Å². The molecule has 0 saturated carbocycles. The number of ether oxygens (including phenoxy) is 2. The fraction of sp³-hybridized carbons (Fsp3) is 1.00. The van der Waals surface area contributed by atoms with Crippen LogP contribution in [0.5, 0.6) is 0 Å². The van der Waals surface area contributed by atoms with Gasteiger partial charge in [0.25, 0.3) is 0 Å². The van der Waals surface area contributed by atoms with Crippen LogP contribution in [0.4, 0.5) is 0 Å². The average molecular weight is 266 g/mol. The SMILES string of the molecule is COCCOC.Cl.Cl.Cl.[O]=[V]. The maximum atomic E-state index is 8.19. The molecule has 0 aliphatic heterocycles. The minimum atomic E-state index is 0. The van der Waals surface area contributed by atoms with Crippen LogP contribution >= 0.6 is 37.2 Å². The molecular weight excluding hydrogens is 253 g/mol. The van der Waals surface area contributed by atoms with E-state index in [1.54, 1.807) is 14.2 Å². The van der Waals surface area contributed by atoms with Crippen molar-refractivity contribution in [3.63, 3.8) is 0 Å². The molecule has 11 heavy (non-hydrogen) atoms. The van der Waals surface area contributed by atoms with Crippen molar-refractivity contribution in [2.45, 2.75) is 0 Å². The van der Waals surface area contributed by atoms with E-state index in [0.717, 1.165) is 17.4 Å². The van der Waals surface area contributed by atoms with Gasteiger partial charge in [-0.1, -0.05) is 0 Å². The Labute approximate surface area is 95.0 Å². The Balaban J connectivity index is -0.0000000222. The fourth-order valence-corrected chi connectivity index (χ4v) is 0.167. The summed E-state index contributed by atoms with van der Waals surface area (Å²) in [4.78, 5) is 0. The van der Waals surface area contributed by atoms with E-state index in [4.69, 9.17) is 3.67 Å². The van der Waals surface area contributed by atoms with Gasteiger partial charge in [-0.15, -0.1) is 37.2 Å². The Hall–Kier alpha value is 1.17. The van der Waals surface area contributed by atoms with Gasteiger partial charge in [0.05, 0.1) is 13.2 Å². The first-order valence-electron chi connectivity index (χ1n) is 2.08.